The standard InChI is InChI=1S/C60H36N2/c1-2-11-41-33-46(28-21-37(41)9-1)61-56-18-6-5-15-49(56)54-35-43(24-31-57(54)61)44-25-32-58-55(36-44)52-30-22-39-10-3-4-14-47(39)60(52)62(58)45-26-19-38(20-27-45)42-23-29-48-50-16-7-12-40-13-8-17-51(59(40)50)53(48)34-42/h1-36H. The summed E-state index contributed by atoms with van der Waals surface area (Å²) in [5.41, 5.74) is 17.3. The Balaban J connectivity index is 0.903. The zero-order chi connectivity index (χ0) is 40.5. The van der Waals surface area contributed by atoms with Crippen LogP contribution in [0, 0.1) is 0 Å². The molecule has 1 aliphatic carbocycles. The van der Waals surface area contributed by atoms with E-state index in [1.54, 1.807) is 0 Å². The third-order valence-electron chi connectivity index (χ3n) is 13.6. The molecule has 0 amide bonds. The first-order valence-electron chi connectivity index (χ1n) is 21.5. The van der Waals surface area contributed by atoms with Gasteiger partial charge in [0.2, 0.25) is 0 Å². The van der Waals surface area contributed by atoms with Gasteiger partial charge in [0.05, 0.1) is 22.1 Å². The predicted octanol–water partition coefficient (Wildman–Crippen LogP) is 16.3. The maximum Gasteiger partial charge on any atom is 0.0619 e. The van der Waals surface area contributed by atoms with Crippen LogP contribution < -0.4 is 0 Å². The molecule has 2 nitrogen and oxygen atoms in total. The summed E-state index contributed by atoms with van der Waals surface area (Å²) in [5.74, 6) is 0. The average molecular weight is 785 g/mol. The van der Waals surface area contributed by atoms with Gasteiger partial charge in [-0.1, -0.05) is 158 Å². The molecule has 1 aliphatic rings. The Morgan fingerprint density at radius 1 is 0.242 bits per heavy atom. The maximum atomic E-state index is 2.47. The van der Waals surface area contributed by atoms with Gasteiger partial charge in [0.25, 0.3) is 0 Å². The molecule has 13 aromatic rings. The van der Waals surface area contributed by atoms with E-state index in [1.807, 2.05) is 0 Å². The van der Waals surface area contributed by atoms with Gasteiger partial charge in [-0.25, -0.2) is 0 Å². The first kappa shape index (κ1) is 33.6. The van der Waals surface area contributed by atoms with Crippen molar-refractivity contribution in [3.63, 3.8) is 0 Å². The van der Waals surface area contributed by atoms with Gasteiger partial charge in [0.1, 0.15) is 0 Å². The van der Waals surface area contributed by atoms with Gasteiger partial charge in [0.15, 0.2) is 0 Å². The summed E-state index contributed by atoms with van der Waals surface area (Å²) in [6, 6.07) is 81.1. The quantitative estimate of drug-likeness (QED) is 0.168. The summed E-state index contributed by atoms with van der Waals surface area (Å²) in [5, 5.41) is 12.7. The summed E-state index contributed by atoms with van der Waals surface area (Å²) >= 11 is 0. The van der Waals surface area contributed by atoms with Gasteiger partial charge in [-0.05, 0) is 132 Å². The molecular weight excluding hydrogens is 749 g/mol. The van der Waals surface area contributed by atoms with Gasteiger partial charge < -0.3 is 9.13 Å². The Kier molecular flexibility index (Phi) is 6.86. The highest BCUT2D eigenvalue weighted by Crippen LogP contribution is 2.48. The van der Waals surface area contributed by atoms with Gasteiger partial charge in [-0.2, -0.15) is 0 Å². The second-order valence-electron chi connectivity index (χ2n) is 16.9. The number of hydrogen-bond donors (Lipinski definition) is 0. The van der Waals surface area contributed by atoms with Crippen LogP contribution in [-0.2, 0) is 0 Å². The van der Waals surface area contributed by atoms with E-state index in [-0.39, 0.29) is 0 Å². The second kappa shape index (κ2) is 12.7. The van der Waals surface area contributed by atoms with E-state index in [9.17, 15) is 0 Å². The van der Waals surface area contributed by atoms with Crippen molar-refractivity contribution in [2.24, 2.45) is 0 Å². The van der Waals surface area contributed by atoms with Crippen LogP contribution in [0.3, 0.4) is 0 Å². The molecule has 0 bridgehead atoms. The van der Waals surface area contributed by atoms with E-state index < -0.39 is 0 Å². The van der Waals surface area contributed by atoms with Gasteiger partial charge >= 0.3 is 0 Å². The molecule has 0 atom stereocenters. The normalized spacial score (nSPS) is 12.2. The van der Waals surface area contributed by atoms with Gasteiger partial charge in [-0.15, -0.1) is 0 Å². The Labute approximate surface area is 357 Å². The Hall–Kier alpha value is -8.20. The minimum atomic E-state index is 1.15. The summed E-state index contributed by atoms with van der Waals surface area (Å²) in [6.45, 7) is 0. The molecule has 0 unspecified atom stereocenters. The van der Waals surface area contributed by atoms with Gasteiger partial charge in [-0.3, -0.25) is 0 Å². The van der Waals surface area contributed by atoms with E-state index in [1.165, 1.54) is 126 Å². The molecule has 0 saturated heterocycles. The van der Waals surface area contributed by atoms with Crippen LogP contribution in [0.2, 0.25) is 0 Å². The number of rotatable bonds is 4. The second-order valence-corrected chi connectivity index (χ2v) is 16.9. The maximum absolute atomic E-state index is 2.47. The number of nitrogens with zero attached hydrogens (tertiary/aromatic N) is 2. The van der Waals surface area contributed by atoms with Crippen LogP contribution in [0.1, 0.15) is 0 Å². The molecule has 2 heteroatoms. The molecule has 0 saturated carbocycles. The lowest BCUT2D eigenvalue weighted by Gasteiger charge is -2.12. The molecule has 0 spiro atoms. The molecule has 0 aliphatic heterocycles. The molecule has 286 valence electrons. The predicted molar refractivity (Wildman–Crippen MR) is 263 cm³/mol. The highest BCUT2D eigenvalue weighted by Gasteiger charge is 2.22. The fourth-order valence-corrected chi connectivity index (χ4v) is 10.7. The highest BCUT2D eigenvalue weighted by atomic mass is 15.0. The third-order valence-corrected chi connectivity index (χ3v) is 13.6. The molecular formula is C60H36N2. The topological polar surface area (TPSA) is 9.86 Å². The van der Waals surface area contributed by atoms with Crippen molar-refractivity contribution in [2.75, 3.05) is 0 Å². The fourth-order valence-electron chi connectivity index (χ4n) is 10.7. The van der Waals surface area contributed by atoms with E-state index in [0.717, 1.165) is 5.69 Å². The van der Waals surface area contributed by atoms with Crippen molar-refractivity contribution < 1.29 is 0 Å². The number of fused-ring (bicyclic) bond motifs is 12. The van der Waals surface area contributed by atoms with Crippen molar-refractivity contribution in [1.29, 1.82) is 0 Å². The summed E-state index contributed by atoms with van der Waals surface area (Å²) in [4.78, 5) is 0. The molecule has 14 rings (SSSR count). The summed E-state index contributed by atoms with van der Waals surface area (Å²) in [6.07, 6.45) is 0. The molecule has 0 radical (unpaired) electrons. The molecule has 0 fully saturated rings. The van der Waals surface area contributed by atoms with Crippen molar-refractivity contribution in [2.45, 2.75) is 0 Å². The third kappa shape index (κ3) is 4.75. The first-order chi connectivity index (χ1) is 30.7. The van der Waals surface area contributed by atoms with Crippen molar-refractivity contribution in [3.05, 3.63) is 218 Å². The lowest BCUT2D eigenvalue weighted by molar-refractivity contribution is 1.19. The zero-order valence-electron chi connectivity index (χ0n) is 33.7. The molecule has 0 N–H and O–H groups in total. The van der Waals surface area contributed by atoms with Crippen LogP contribution in [-0.4, -0.2) is 9.13 Å². The highest BCUT2D eigenvalue weighted by molar-refractivity contribution is 6.20. The Morgan fingerprint density at radius 3 is 1.61 bits per heavy atom. The minimum absolute atomic E-state index is 1.15. The van der Waals surface area contributed by atoms with E-state index in [0.29, 0.717) is 0 Å². The fraction of sp³-hybridized carbons (Fsp3) is 0. The van der Waals surface area contributed by atoms with Crippen molar-refractivity contribution >= 4 is 75.9 Å². The summed E-state index contributed by atoms with van der Waals surface area (Å²) in [7, 11) is 0. The number of para-hydroxylation sites is 1. The smallest absolute Gasteiger partial charge is 0.0619 e. The van der Waals surface area contributed by atoms with E-state index >= 15 is 0 Å². The van der Waals surface area contributed by atoms with E-state index in [4.69, 9.17) is 0 Å². The van der Waals surface area contributed by atoms with Crippen LogP contribution in [0.4, 0.5) is 0 Å². The lowest BCUT2D eigenvalue weighted by Crippen LogP contribution is -1.95. The van der Waals surface area contributed by atoms with Gasteiger partial charge in [0, 0.05) is 38.3 Å². The monoisotopic (exact) mass is 784 g/mol. The molecule has 2 aromatic heterocycles. The van der Waals surface area contributed by atoms with Crippen LogP contribution in [0.5, 0.6) is 0 Å². The average Bonchev–Trinajstić information content (AvgIpc) is 3.97. The molecule has 2 heterocycles. The Bertz CT molecular complexity index is 4020. The first-order valence-corrected chi connectivity index (χ1v) is 21.5. The number of hydrogen-bond acceptors (Lipinski definition) is 0. The van der Waals surface area contributed by atoms with Crippen LogP contribution in [0.15, 0.2) is 218 Å². The van der Waals surface area contributed by atoms with E-state index in [2.05, 4.69) is 228 Å². The Morgan fingerprint density at radius 2 is 0.806 bits per heavy atom. The molecule has 62 heavy (non-hydrogen) atoms. The minimum Gasteiger partial charge on any atom is -0.309 e. The van der Waals surface area contributed by atoms with Crippen molar-refractivity contribution in [1.82, 2.24) is 9.13 Å². The number of aromatic nitrogens is 2. The zero-order valence-corrected chi connectivity index (χ0v) is 33.7. The molecule has 11 aromatic carbocycles. The van der Waals surface area contributed by atoms with Crippen LogP contribution >= 0.6 is 0 Å². The van der Waals surface area contributed by atoms with Crippen molar-refractivity contribution in [3.8, 4) is 55.9 Å². The lowest BCUT2D eigenvalue weighted by atomic mass is 9.97. The summed E-state index contributed by atoms with van der Waals surface area (Å²) < 4.78 is 4.89. The SMILES string of the molecule is c1ccc2cc(-n3c4ccccc4c4cc(-c5ccc6c(c5)c5ccc7ccccc7c5n6-c5ccc(-c6ccc7c(c6)-c6cccc8cccc-7c68)cc5)ccc43)ccc2c1. The van der Waals surface area contributed by atoms with Crippen LogP contribution in [0.25, 0.3) is 132 Å². The number of benzene rings is 11. The largest absolute Gasteiger partial charge is 0.309 e.